The molecule has 1 fully saturated rings. The van der Waals surface area contributed by atoms with Crippen molar-refractivity contribution in [2.75, 3.05) is 13.1 Å². The van der Waals surface area contributed by atoms with Crippen molar-refractivity contribution >= 4 is 12.0 Å². The lowest BCUT2D eigenvalue weighted by molar-refractivity contribution is -0.143. The zero-order chi connectivity index (χ0) is 16.3. The van der Waals surface area contributed by atoms with E-state index in [4.69, 9.17) is 9.63 Å². The predicted octanol–water partition coefficient (Wildman–Crippen LogP) is 1.80. The Hall–Kier alpha value is -2.05. The van der Waals surface area contributed by atoms with Crippen molar-refractivity contribution < 1.29 is 19.2 Å². The summed E-state index contributed by atoms with van der Waals surface area (Å²) in [7, 11) is 0. The van der Waals surface area contributed by atoms with Crippen LogP contribution in [0.15, 0.2) is 4.52 Å². The molecule has 122 valence electrons. The summed E-state index contributed by atoms with van der Waals surface area (Å²) in [5.41, 5.74) is 1.74. The third-order valence-electron chi connectivity index (χ3n) is 4.11. The Morgan fingerprint density at radius 1 is 1.45 bits per heavy atom. The molecule has 2 heterocycles. The number of rotatable bonds is 4. The van der Waals surface area contributed by atoms with Gasteiger partial charge in [0.25, 0.3) is 0 Å². The van der Waals surface area contributed by atoms with E-state index in [9.17, 15) is 9.59 Å². The molecule has 0 bridgehead atoms. The van der Waals surface area contributed by atoms with Gasteiger partial charge in [-0.1, -0.05) is 19.0 Å². The lowest BCUT2D eigenvalue weighted by atomic mass is 9.91. The number of nitrogens with one attached hydrogen (secondary N) is 1. The van der Waals surface area contributed by atoms with Crippen LogP contribution in [0.4, 0.5) is 4.79 Å². The number of piperidine rings is 1. The van der Waals surface area contributed by atoms with Gasteiger partial charge in [0.05, 0.1) is 11.6 Å². The maximum absolute atomic E-state index is 12.3. The Morgan fingerprint density at radius 2 is 2.18 bits per heavy atom. The quantitative estimate of drug-likeness (QED) is 0.884. The fourth-order valence-electron chi connectivity index (χ4n) is 2.91. The number of amides is 2. The molecule has 2 rings (SSSR count). The number of aliphatic carboxylic acids is 1. The number of hydrogen-bond donors (Lipinski definition) is 2. The molecule has 1 aromatic heterocycles. The molecule has 2 amide bonds. The number of carbonyl (C=O) groups is 2. The normalized spacial score (nSPS) is 21.7. The van der Waals surface area contributed by atoms with E-state index < -0.39 is 11.9 Å². The Labute approximate surface area is 129 Å². The maximum Gasteiger partial charge on any atom is 0.317 e. The second-order valence-corrected chi connectivity index (χ2v) is 5.96. The van der Waals surface area contributed by atoms with Crippen LogP contribution in [0, 0.1) is 18.8 Å². The van der Waals surface area contributed by atoms with E-state index in [-0.39, 0.29) is 18.5 Å². The summed E-state index contributed by atoms with van der Waals surface area (Å²) in [4.78, 5) is 25.0. The summed E-state index contributed by atoms with van der Waals surface area (Å²) in [6, 6.07) is -0.236. The van der Waals surface area contributed by atoms with Crippen LogP contribution in [0.3, 0.4) is 0 Å². The first-order chi connectivity index (χ1) is 10.4. The average molecular weight is 309 g/mol. The molecule has 2 atom stereocenters. The number of nitrogens with zero attached hydrogens (tertiary/aromatic N) is 2. The highest BCUT2D eigenvalue weighted by atomic mass is 16.5. The molecule has 0 radical (unpaired) electrons. The molecule has 22 heavy (non-hydrogen) atoms. The molecule has 0 saturated carbocycles. The summed E-state index contributed by atoms with van der Waals surface area (Å²) in [5.74, 6) is -0.442. The van der Waals surface area contributed by atoms with E-state index in [1.807, 2.05) is 20.8 Å². The zero-order valence-electron chi connectivity index (χ0n) is 13.3. The van der Waals surface area contributed by atoms with E-state index in [1.165, 1.54) is 0 Å². The van der Waals surface area contributed by atoms with Crippen molar-refractivity contribution in [2.24, 2.45) is 11.8 Å². The molecule has 1 aliphatic heterocycles. The van der Waals surface area contributed by atoms with Crippen LogP contribution in [0.5, 0.6) is 0 Å². The standard InChI is InChI=1S/C15H23N3O4/c1-4-13-12(10(3)22-17-13)6-16-15(21)18-7-9(2)5-11(8-18)14(19)20/h9,11H,4-8H2,1-3H3,(H,16,21)(H,19,20). The van der Waals surface area contributed by atoms with Crippen molar-refractivity contribution in [1.29, 1.82) is 0 Å². The van der Waals surface area contributed by atoms with Gasteiger partial charge in [-0.25, -0.2) is 4.79 Å². The molecule has 7 nitrogen and oxygen atoms in total. The third-order valence-corrected chi connectivity index (χ3v) is 4.11. The van der Waals surface area contributed by atoms with Gasteiger partial charge in [-0.05, 0) is 25.7 Å². The highest BCUT2D eigenvalue weighted by Gasteiger charge is 2.31. The van der Waals surface area contributed by atoms with Crippen LogP contribution in [0.2, 0.25) is 0 Å². The second kappa shape index (κ2) is 6.81. The van der Waals surface area contributed by atoms with Gasteiger partial charge < -0.3 is 19.8 Å². The first-order valence-electron chi connectivity index (χ1n) is 7.62. The Bertz CT molecular complexity index is 555. The average Bonchev–Trinajstić information content (AvgIpc) is 2.84. The van der Waals surface area contributed by atoms with E-state index in [1.54, 1.807) is 4.90 Å². The van der Waals surface area contributed by atoms with Crippen molar-refractivity contribution in [1.82, 2.24) is 15.4 Å². The summed E-state index contributed by atoms with van der Waals surface area (Å²) < 4.78 is 5.14. The Balaban J connectivity index is 1.97. The molecule has 0 aliphatic carbocycles. The number of hydrogen-bond acceptors (Lipinski definition) is 4. The van der Waals surface area contributed by atoms with Crippen LogP contribution in [0.25, 0.3) is 0 Å². The largest absolute Gasteiger partial charge is 0.481 e. The van der Waals surface area contributed by atoms with Gasteiger partial charge >= 0.3 is 12.0 Å². The predicted molar refractivity (Wildman–Crippen MR) is 79.3 cm³/mol. The van der Waals surface area contributed by atoms with Gasteiger partial charge in [-0.15, -0.1) is 0 Å². The number of carbonyl (C=O) groups excluding carboxylic acids is 1. The van der Waals surface area contributed by atoms with Crippen LogP contribution in [-0.2, 0) is 17.8 Å². The van der Waals surface area contributed by atoms with Gasteiger partial charge in [0.2, 0.25) is 0 Å². The Kier molecular flexibility index (Phi) is 5.05. The number of urea groups is 1. The molecule has 7 heteroatoms. The summed E-state index contributed by atoms with van der Waals surface area (Å²) in [5, 5.41) is 16.0. The lowest BCUT2D eigenvalue weighted by Crippen LogP contribution is -2.49. The SMILES string of the molecule is CCc1noc(C)c1CNC(=O)N1CC(C)CC(C(=O)O)C1. The second-order valence-electron chi connectivity index (χ2n) is 5.96. The fourth-order valence-corrected chi connectivity index (χ4v) is 2.91. The number of carboxylic acid groups (broad SMARTS) is 1. The highest BCUT2D eigenvalue weighted by molar-refractivity contribution is 5.76. The minimum Gasteiger partial charge on any atom is -0.481 e. The van der Waals surface area contributed by atoms with Gasteiger partial charge in [-0.3, -0.25) is 4.79 Å². The smallest absolute Gasteiger partial charge is 0.317 e. The fraction of sp³-hybridized carbons (Fsp3) is 0.667. The van der Waals surface area contributed by atoms with E-state index >= 15 is 0 Å². The van der Waals surface area contributed by atoms with Gasteiger partial charge in [0.1, 0.15) is 5.76 Å². The third kappa shape index (κ3) is 3.58. The van der Waals surface area contributed by atoms with Crippen molar-refractivity contribution in [3.05, 3.63) is 17.0 Å². The van der Waals surface area contributed by atoms with Crippen molar-refractivity contribution in [3.8, 4) is 0 Å². The molecule has 0 aromatic carbocycles. The molecule has 1 aliphatic rings. The number of aromatic nitrogens is 1. The van der Waals surface area contributed by atoms with Crippen molar-refractivity contribution in [3.63, 3.8) is 0 Å². The first-order valence-corrected chi connectivity index (χ1v) is 7.62. The van der Waals surface area contributed by atoms with Gasteiger partial charge in [0.15, 0.2) is 0 Å². The first kappa shape index (κ1) is 16.3. The highest BCUT2D eigenvalue weighted by Crippen LogP contribution is 2.22. The minimum absolute atomic E-state index is 0.184. The van der Waals surface area contributed by atoms with Gasteiger partial charge in [0, 0.05) is 25.2 Å². The van der Waals surface area contributed by atoms with Crippen LogP contribution in [-0.4, -0.2) is 40.3 Å². The minimum atomic E-state index is -0.840. The number of aryl methyl sites for hydroxylation is 2. The van der Waals surface area contributed by atoms with Gasteiger partial charge in [-0.2, -0.15) is 0 Å². The molecule has 2 unspecified atom stereocenters. The monoisotopic (exact) mass is 309 g/mol. The van der Waals surface area contributed by atoms with Crippen molar-refractivity contribution in [2.45, 2.75) is 40.2 Å². The molecule has 1 saturated heterocycles. The van der Waals surface area contributed by atoms with E-state index in [0.29, 0.717) is 25.3 Å². The molecule has 1 aromatic rings. The van der Waals surface area contributed by atoms with E-state index in [2.05, 4.69) is 10.5 Å². The topological polar surface area (TPSA) is 95.7 Å². The Morgan fingerprint density at radius 3 is 2.82 bits per heavy atom. The molecular formula is C15H23N3O4. The van der Waals surface area contributed by atoms with Crippen LogP contribution in [0.1, 0.15) is 37.3 Å². The summed E-state index contributed by atoms with van der Waals surface area (Å²) in [6.07, 6.45) is 1.36. The van der Waals surface area contributed by atoms with Crippen LogP contribution >= 0.6 is 0 Å². The molecule has 0 spiro atoms. The van der Waals surface area contributed by atoms with E-state index in [0.717, 1.165) is 17.7 Å². The lowest BCUT2D eigenvalue weighted by Gasteiger charge is -2.34. The molecule has 2 N–H and O–H groups in total. The number of likely N-dealkylation sites (tertiary alicyclic amines) is 1. The number of carboxylic acids is 1. The zero-order valence-corrected chi connectivity index (χ0v) is 13.3. The summed E-state index contributed by atoms with van der Waals surface area (Å²) in [6.45, 7) is 6.95. The molecular weight excluding hydrogens is 286 g/mol. The summed E-state index contributed by atoms with van der Waals surface area (Å²) >= 11 is 0. The maximum atomic E-state index is 12.3. The van der Waals surface area contributed by atoms with Crippen LogP contribution < -0.4 is 5.32 Å².